The van der Waals surface area contributed by atoms with Crippen LogP contribution in [0.3, 0.4) is 0 Å². The molecule has 26 heavy (non-hydrogen) atoms. The molecule has 1 saturated heterocycles. The Kier molecular flexibility index (Phi) is 7.50. The summed E-state index contributed by atoms with van der Waals surface area (Å²) in [5, 5.41) is 6.96. The standard InChI is InChI=1S/C21H28BrN3O/c1-17-4-2-3-5-18(17)16-26-21-7-6-20(22)14-19(21)15-24-10-13-25-11-8-23-9-12-25/h2-7,14,23-24H,8-13,15-16H2,1H3. The first-order valence-corrected chi connectivity index (χ1v) is 10.1. The molecule has 0 amide bonds. The third-order valence-corrected chi connectivity index (χ3v) is 5.29. The first-order valence-electron chi connectivity index (χ1n) is 9.32. The lowest BCUT2D eigenvalue weighted by Crippen LogP contribution is -2.45. The van der Waals surface area contributed by atoms with Gasteiger partial charge in [-0.1, -0.05) is 40.2 Å². The SMILES string of the molecule is Cc1ccccc1COc1ccc(Br)cc1CNCCN1CCNCC1. The predicted octanol–water partition coefficient (Wildman–Crippen LogP) is 3.33. The second kappa shape index (κ2) is 10.1. The maximum Gasteiger partial charge on any atom is 0.124 e. The fourth-order valence-corrected chi connectivity index (χ4v) is 3.56. The Bertz CT molecular complexity index is 701. The van der Waals surface area contributed by atoms with Crippen LogP contribution in [-0.4, -0.2) is 44.2 Å². The molecule has 140 valence electrons. The molecule has 0 atom stereocenters. The van der Waals surface area contributed by atoms with Crippen molar-refractivity contribution < 1.29 is 4.74 Å². The van der Waals surface area contributed by atoms with Crippen molar-refractivity contribution >= 4 is 15.9 Å². The number of benzene rings is 2. The number of nitrogens with one attached hydrogen (secondary N) is 2. The molecule has 0 aromatic heterocycles. The van der Waals surface area contributed by atoms with Gasteiger partial charge in [-0.25, -0.2) is 0 Å². The summed E-state index contributed by atoms with van der Waals surface area (Å²) in [5.41, 5.74) is 3.68. The summed E-state index contributed by atoms with van der Waals surface area (Å²) in [7, 11) is 0. The van der Waals surface area contributed by atoms with Gasteiger partial charge in [-0.05, 0) is 36.2 Å². The lowest BCUT2D eigenvalue weighted by Gasteiger charge is -2.27. The maximum absolute atomic E-state index is 6.13. The molecular weight excluding hydrogens is 390 g/mol. The summed E-state index contributed by atoms with van der Waals surface area (Å²) >= 11 is 3.58. The molecule has 0 unspecified atom stereocenters. The van der Waals surface area contributed by atoms with Crippen LogP contribution >= 0.6 is 15.9 Å². The van der Waals surface area contributed by atoms with E-state index in [-0.39, 0.29) is 0 Å². The summed E-state index contributed by atoms with van der Waals surface area (Å²) < 4.78 is 7.21. The third kappa shape index (κ3) is 5.81. The van der Waals surface area contributed by atoms with E-state index in [9.17, 15) is 0 Å². The van der Waals surface area contributed by atoms with Crippen LogP contribution in [0.1, 0.15) is 16.7 Å². The summed E-state index contributed by atoms with van der Waals surface area (Å²) in [6, 6.07) is 14.6. The largest absolute Gasteiger partial charge is 0.489 e. The van der Waals surface area contributed by atoms with Crippen LogP contribution in [0, 0.1) is 6.92 Å². The smallest absolute Gasteiger partial charge is 0.124 e. The van der Waals surface area contributed by atoms with Crippen molar-refractivity contribution in [3.8, 4) is 5.75 Å². The van der Waals surface area contributed by atoms with Gasteiger partial charge >= 0.3 is 0 Å². The zero-order chi connectivity index (χ0) is 18.2. The van der Waals surface area contributed by atoms with E-state index in [1.54, 1.807) is 0 Å². The van der Waals surface area contributed by atoms with E-state index in [0.29, 0.717) is 6.61 Å². The summed E-state index contributed by atoms with van der Waals surface area (Å²) in [6.45, 7) is 10.1. The van der Waals surface area contributed by atoms with Gasteiger partial charge in [0.2, 0.25) is 0 Å². The van der Waals surface area contributed by atoms with Crippen LogP contribution in [0.15, 0.2) is 46.9 Å². The Labute approximate surface area is 165 Å². The van der Waals surface area contributed by atoms with E-state index in [1.807, 2.05) is 6.07 Å². The molecule has 3 rings (SSSR count). The van der Waals surface area contributed by atoms with Gasteiger partial charge in [-0.2, -0.15) is 0 Å². The minimum atomic E-state index is 0.599. The number of piperazine rings is 1. The quantitative estimate of drug-likeness (QED) is 0.645. The van der Waals surface area contributed by atoms with E-state index in [1.165, 1.54) is 16.7 Å². The fourth-order valence-electron chi connectivity index (χ4n) is 3.15. The Hall–Kier alpha value is -1.40. The van der Waals surface area contributed by atoms with Gasteiger partial charge in [0, 0.05) is 55.8 Å². The molecule has 1 aliphatic rings. The summed E-state index contributed by atoms with van der Waals surface area (Å²) in [6.07, 6.45) is 0. The van der Waals surface area contributed by atoms with Crippen molar-refractivity contribution in [2.45, 2.75) is 20.1 Å². The lowest BCUT2D eigenvalue weighted by atomic mass is 10.1. The topological polar surface area (TPSA) is 36.5 Å². The van der Waals surface area contributed by atoms with Crippen molar-refractivity contribution in [3.05, 3.63) is 63.6 Å². The third-order valence-electron chi connectivity index (χ3n) is 4.80. The molecule has 1 heterocycles. The van der Waals surface area contributed by atoms with Gasteiger partial charge in [0.05, 0.1) is 0 Å². The molecule has 2 N–H and O–H groups in total. The molecule has 2 aromatic rings. The maximum atomic E-state index is 6.13. The molecule has 5 heteroatoms. The highest BCUT2D eigenvalue weighted by Gasteiger charge is 2.09. The second-order valence-corrected chi connectivity index (χ2v) is 7.65. The van der Waals surface area contributed by atoms with Gasteiger partial charge in [0.25, 0.3) is 0 Å². The number of aryl methyl sites for hydroxylation is 1. The van der Waals surface area contributed by atoms with Crippen LogP contribution in [0.2, 0.25) is 0 Å². The molecule has 0 aliphatic carbocycles. The van der Waals surface area contributed by atoms with E-state index < -0.39 is 0 Å². The Morgan fingerprint density at radius 2 is 1.92 bits per heavy atom. The molecule has 0 radical (unpaired) electrons. The number of hydrogen-bond acceptors (Lipinski definition) is 4. The molecule has 2 aromatic carbocycles. The normalized spacial score (nSPS) is 15.2. The van der Waals surface area contributed by atoms with Crippen LogP contribution < -0.4 is 15.4 Å². The molecule has 0 saturated carbocycles. The lowest BCUT2D eigenvalue weighted by molar-refractivity contribution is 0.240. The van der Waals surface area contributed by atoms with Crippen LogP contribution in [0.4, 0.5) is 0 Å². The van der Waals surface area contributed by atoms with Crippen molar-refractivity contribution in [3.63, 3.8) is 0 Å². The van der Waals surface area contributed by atoms with Crippen LogP contribution in [0.5, 0.6) is 5.75 Å². The number of rotatable bonds is 8. The molecule has 0 spiro atoms. The fraction of sp³-hybridized carbons (Fsp3) is 0.429. The van der Waals surface area contributed by atoms with Crippen molar-refractivity contribution in [1.29, 1.82) is 0 Å². The highest BCUT2D eigenvalue weighted by molar-refractivity contribution is 9.10. The predicted molar refractivity (Wildman–Crippen MR) is 111 cm³/mol. The van der Waals surface area contributed by atoms with Gasteiger partial charge in [0.1, 0.15) is 12.4 Å². The van der Waals surface area contributed by atoms with E-state index in [0.717, 1.165) is 56.0 Å². The molecule has 1 fully saturated rings. The van der Waals surface area contributed by atoms with Crippen molar-refractivity contribution in [2.75, 3.05) is 39.3 Å². The minimum Gasteiger partial charge on any atom is -0.489 e. The van der Waals surface area contributed by atoms with Crippen molar-refractivity contribution in [2.24, 2.45) is 0 Å². The average Bonchev–Trinajstić information content (AvgIpc) is 2.66. The zero-order valence-corrected chi connectivity index (χ0v) is 17.0. The van der Waals surface area contributed by atoms with Gasteiger partial charge in [-0.3, -0.25) is 4.90 Å². The number of halogens is 1. The van der Waals surface area contributed by atoms with E-state index >= 15 is 0 Å². The van der Waals surface area contributed by atoms with E-state index in [4.69, 9.17) is 4.74 Å². The van der Waals surface area contributed by atoms with Crippen LogP contribution in [0.25, 0.3) is 0 Å². The monoisotopic (exact) mass is 417 g/mol. The van der Waals surface area contributed by atoms with Crippen LogP contribution in [-0.2, 0) is 13.2 Å². The Morgan fingerprint density at radius 1 is 1.12 bits per heavy atom. The molecular formula is C21H28BrN3O. The Morgan fingerprint density at radius 3 is 2.73 bits per heavy atom. The highest BCUT2D eigenvalue weighted by atomic mass is 79.9. The molecule has 0 bridgehead atoms. The number of nitrogens with zero attached hydrogens (tertiary/aromatic N) is 1. The second-order valence-electron chi connectivity index (χ2n) is 6.74. The average molecular weight is 418 g/mol. The summed E-state index contributed by atoms with van der Waals surface area (Å²) in [4.78, 5) is 2.50. The molecule has 1 aliphatic heterocycles. The highest BCUT2D eigenvalue weighted by Crippen LogP contribution is 2.24. The molecule has 4 nitrogen and oxygen atoms in total. The number of ether oxygens (including phenoxy) is 1. The first-order chi connectivity index (χ1) is 12.7. The Balaban J connectivity index is 1.52. The van der Waals surface area contributed by atoms with Gasteiger partial charge in [0.15, 0.2) is 0 Å². The zero-order valence-electron chi connectivity index (χ0n) is 15.4. The number of hydrogen-bond donors (Lipinski definition) is 2. The van der Waals surface area contributed by atoms with Crippen molar-refractivity contribution in [1.82, 2.24) is 15.5 Å². The van der Waals surface area contributed by atoms with Gasteiger partial charge in [-0.15, -0.1) is 0 Å². The summed E-state index contributed by atoms with van der Waals surface area (Å²) in [5.74, 6) is 0.950. The van der Waals surface area contributed by atoms with Gasteiger partial charge < -0.3 is 15.4 Å². The minimum absolute atomic E-state index is 0.599. The van der Waals surface area contributed by atoms with E-state index in [2.05, 4.69) is 74.8 Å². The first kappa shape index (κ1) is 19.4.